The van der Waals surface area contributed by atoms with Crippen molar-refractivity contribution in [3.05, 3.63) is 29.8 Å². The summed E-state index contributed by atoms with van der Waals surface area (Å²) in [5.74, 6) is -0.528. The number of anilines is 1. The Hall–Kier alpha value is -2.04. The molecule has 0 fully saturated rings. The van der Waals surface area contributed by atoms with Crippen LogP contribution in [0.3, 0.4) is 0 Å². The van der Waals surface area contributed by atoms with Crippen LogP contribution in [0.5, 0.6) is 0 Å². The minimum Gasteiger partial charge on any atom is -0.469 e. The van der Waals surface area contributed by atoms with Crippen LogP contribution in [-0.2, 0) is 9.53 Å². The van der Waals surface area contributed by atoms with Crippen molar-refractivity contribution in [2.75, 3.05) is 25.5 Å². The molecule has 0 heterocycles. The van der Waals surface area contributed by atoms with E-state index in [9.17, 15) is 9.59 Å². The minimum atomic E-state index is -0.335. The van der Waals surface area contributed by atoms with Crippen molar-refractivity contribution in [2.45, 2.75) is 13.3 Å². The maximum atomic E-state index is 11.7. The van der Waals surface area contributed by atoms with Crippen molar-refractivity contribution < 1.29 is 14.3 Å². The lowest BCUT2D eigenvalue weighted by Crippen LogP contribution is -2.26. The number of esters is 1. The number of ether oxygens (including phenoxy) is 1. The number of methoxy groups -OCH3 is 1. The van der Waals surface area contributed by atoms with Crippen molar-refractivity contribution >= 4 is 17.6 Å². The van der Waals surface area contributed by atoms with Crippen LogP contribution in [0.25, 0.3) is 0 Å². The quantitative estimate of drug-likeness (QED) is 0.749. The standard InChI is InChI=1S/C13H18N2O3/c1-3-14-11-6-4-10(5-7-11)13(17)15-9-8-12(16)18-2/h4-7,14H,3,8-9H2,1-2H3,(H,15,17). The zero-order chi connectivity index (χ0) is 13.4. The molecule has 0 spiro atoms. The molecular weight excluding hydrogens is 232 g/mol. The molecule has 98 valence electrons. The Bertz CT molecular complexity index is 401. The molecule has 0 saturated heterocycles. The maximum absolute atomic E-state index is 11.7. The molecule has 0 aliphatic carbocycles. The summed E-state index contributed by atoms with van der Waals surface area (Å²) in [5.41, 5.74) is 1.55. The van der Waals surface area contributed by atoms with E-state index in [0.717, 1.165) is 12.2 Å². The Morgan fingerprint density at radius 2 is 1.89 bits per heavy atom. The van der Waals surface area contributed by atoms with Gasteiger partial charge in [0.1, 0.15) is 0 Å². The highest BCUT2D eigenvalue weighted by molar-refractivity contribution is 5.94. The SMILES string of the molecule is CCNc1ccc(C(=O)NCCC(=O)OC)cc1. The van der Waals surface area contributed by atoms with Gasteiger partial charge in [0, 0.05) is 24.3 Å². The fourth-order valence-electron chi connectivity index (χ4n) is 1.43. The van der Waals surface area contributed by atoms with Gasteiger partial charge in [-0.2, -0.15) is 0 Å². The third kappa shape index (κ3) is 4.45. The summed E-state index contributed by atoms with van der Waals surface area (Å²) in [7, 11) is 1.32. The second-order valence-corrected chi connectivity index (χ2v) is 3.69. The van der Waals surface area contributed by atoms with Gasteiger partial charge >= 0.3 is 5.97 Å². The molecule has 5 heteroatoms. The van der Waals surface area contributed by atoms with Crippen LogP contribution in [0.1, 0.15) is 23.7 Å². The number of hydrogen-bond acceptors (Lipinski definition) is 4. The van der Waals surface area contributed by atoms with Crippen LogP contribution in [0.2, 0.25) is 0 Å². The third-order valence-corrected chi connectivity index (χ3v) is 2.37. The van der Waals surface area contributed by atoms with Gasteiger partial charge in [-0.15, -0.1) is 0 Å². The van der Waals surface area contributed by atoms with E-state index in [1.807, 2.05) is 19.1 Å². The summed E-state index contributed by atoms with van der Waals surface area (Å²) in [6.45, 7) is 3.12. The topological polar surface area (TPSA) is 67.4 Å². The molecule has 1 aromatic carbocycles. The van der Waals surface area contributed by atoms with Crippen LogP contribution in [-0.4, -0.2) is 32.1 Å². The molecule has 0 aliphatic heterocycles. The fraction of sp³-hybridized carbons (Fsp3) is 0.385. The number of rotatable bonds is 6. The molecule has 0 aliphatic rings. The summed E-state index contributed by atoms with van der Waals surface area (Å²) in [6, 6.07) is 7.17. The first kappa shape index (κ1) is 14.0. The summed E-state index contributed by atoms with van der Waals surface area (Å²) >= 11 is 0. The normalized spacial score (nSPS) is 9.67. The zero-order valence-electron chi connectivity index (χ0n) is 10.7. The Morgan fingerprint density at radius 3 is 2.44 bits per heavy atom. The van der Waals surface area contributed by atoms with E-state index in [0.29, 0.717) is 5.56 Å². The van der Waals surface area contributed by atoms with Gasteiger partial charge in [0.15, 0.2) is 0 Å². The lowest BCUT2D eigenvalue weighted by atomic mass is 10.2. The van der Waals surface area contributed by atoms with E-state index >= 15 is 0 Å². The maximum Gasteiger partial charge on any atom is 0.307 e. The van der Waals surface area contributed by atoms with Crippen molar-refractivity contribution in [1.29, 1.82) is 0 Å². The molecule has 0 radical (unpaired) electrons. The predicted molar refractivity (Wildman–Crippen MR) is 69.6 cm³/mol. The highest BCUT2D eigenvalue weighted by Crippen LogP contribution is 2.08. The highest BCUT2D eigenvalue weighted by atomic mass is 16.5. The highest BCUT2D eigenvalue weighted by Gasteiger charge is 2.06. The first-order chi connectivity index (χ1) is 8.67. The summed E-state index contributed by atoms with van der Waals surface area (Å²) in [6.07, 6.45) is 0.178. The summed E-state index contributed by atoms with van der Waals surface area (Å²) in [4.78, 5) is 22.6. The Labute approximate surface area is 107 Å². The Morgan fingerprint density at radius 1 is 1.22 bits per heavy atom. The van der Waals surface area contributed by atoms with Crippen LogP contribution >= 0.6 is 0 Å². The van der Waals surface area contributed by atoms with Crippen LogP contribution in [0, 0.1) is 0 Å². The van der Waals surface area contributed by atoms with E-state index in [1.54, 1.807) is 12.1 Å². The van der Waals surface area contributed by atoms with E-state index in [-0.39, 0.29) is 24.8 Å². The van der Waals surface area contributed by atoms with Crippen LogP contribution < -0.4 is 10.6 Å². The Kier molecular flexibility index (Phi) is 5.70. The van der Waals surface area contributed by atoms with Gasteiger partial charge in [0.2, 0.25) is 0 Å². The number of benzene rings is 1. The predicted octanol–water partition coefficient (Wildman–Crippen LogP) is 1.41. The van der Waals surface area contributed by atoms with Crippen LogP contribution in [0.15, 0.2) is 24.3 Å². The van der Waals surface area contributed by atoms with Crippen molar-refractivity contribution in [1.82, 2.24) is 5.32 Å². The first-order valence-electron chi connectivity index (χ1n) is 5.86. The number of carbonyl (C=O) groups excluding carboxylic acids is 2. The van der Waals surface area contributed by atoms with Crippen LogP contribution in [0.4, 0.5) is 5.69 Å². The fourth-order valence-corrected chi connectivity index (χ4v) is 1.43. The molecule has 0 saturated carbocycles. The first-order valence-corrected chi connectivity index (χ1v) is 5.86. The smallest absolute Gasteiger partial charge is 0.307 e. The number of amides is 1. The summed E-state index contributed by atoms with van der Waals surface area (Å²) < 4.78 is 4.48. The zero-order valence-corrected chi connectivity index (χ0v) is 10.7. The molecule has 5 nitrogen and oxygen atoms in total. The average Bonchev–Trinajstić information content (AvgIpc) is 2.39. The van der Waals surface area contributed by atoms with Gasteiger partial charge in [0.05, 0.1) is 13.5 Å². The van der Waals surface area contributed by atoms with Crippen molar-refractivity contribution in [3.8, 4) is 0 Å². The second kappa shape index (κ2) is 7.32. The molecule has 0 aromatic heterocycles. The van der Waals surface area contributed by atoms with Crippen molar-refractivity contribution in [2.24, 2.45) is 0 Å². The number of nitrogens with one attached hydrogen (secondary N) is 2. The van der Waals surface area contributed by atoms with Gasteiger partial charge in [-0.1, -0.05) is 0 Å². The molecule has 1 amide bonds. The molecule has 0 atom stereocenters. The molecule has 1 rings (SSSR count). The lowest BCUT2D eigenvalue weighted by molar-refractivity contribution is -0.140. The number of hydrogen-bond donors (Lipinski definition) is 2. The largest absolute Gasteiger partial charge is 0.469 e. The monoisotopic (exact) mass is 250 g/mol. The van der Waals surface area contributed by atoms with Gasteiger partial charge in [0.25, 0.3) is 5.91 Å². The van der Waals surface area contributed by atoms with E-state index < -0.39 is 0 Å². The molecule has 0 bridgehead atoms. The van der Waals surface area contributed by atoms with Gasteiger partial charge in [-0.05, 0) is 31.2 Å². The van der Waals surface area contributed by atoms with Gasteiger partial charge < -0.3 is 15.4 Å². The summed E-state index contributed by atoms with van der Waals surface area (Å²) in [5, 5.41) is 5.80. The lowest BCUT2D eigenvalue weighted by Gasteiger charge is -2.06. The van der Waals surface area contributed by atoms with E-state index in [4.69, 9.17) is 0 Å². The molecule has 2 N–H and O–H groups in total. The molecule has 1 aromatic rings. The van der Waals surface area contributed by atoms with E-state index in [2.05, 4.69) is 15.4 Å². The van der Waals surface area contributed by atoms with E-state index in [1.165, 1.54) is 7.11 Å². The van der Waals surface area contributed by atoms with Gasteiger partial charge in [-0.3, -0.25) is 9.59 Å². The molecular formula is C13H18N2O3. The van der Waals surface area contributed by atoms with Crippen molar-refractivity contribution in [3.63, 3.8) is 0 Å². The number of carbonyl (C=O) groups is 2. The average molecular weight is 250 g/mol. The Balaban J connectivity index is 2.44. The molecule has 18 heavy (non-hydrogen) atoms. The molecule has 0 unspecified atom stereocenters. The second-order valence-electron chi connectivity index (χ2n) is 3.69. The minimum absolute atomic E-state index is 0.178. The van der Waals surface area contributed by atoms with Gasteiger partial charge in [-0.25, -0.2) is 0 Å². The third-order valence-electron chi connectivity index (χ3n) is 2.37.